The molecule has 17 heavy (non-hydrogen) atoms. The number of anilines is 1. The van der Waals surface area contributed by atoms with Crippen molar-refractivity contribution in [2.24, 2.45) is 0 Å². The Labute approximate surface area is 106 Å². The Hall–Kier alpha value is -1.42. The lowest BCUT2D eigenvalue weighted by molar-refractivity contribution is 0.795. The molecule has 0 spiro atoms. The van der Waals surface area contributed by atoms with E-state index in [4.69, 9.17) is 0 Å². The van der Waals surface area contributed by atoms with E-state index in [9.17, 15) is 0 Å². The molecular formula is C13H17N3S. The number of unbranched alkanes of at least 4 members (excludes halogenated alkanes) is 1. The number of benzene rings is 1. The topological polar surface area (TPSA) is 37.8 Å². The fraction of sp³-hybridized carbons (Fsp3) is 0.385. The number of hydrogen-bond acceptors (Lipinski definition) is 4. The molecule has 0 unspecified atom stereocenters. The van der Waals surface area contributed by atoms with Crippen molar-refractivity contribution < 1.29 is 0 Å². The highest BCUT2D eigenvalue weighted by Gasteiger charge is 1.97. The Morgan fingerprint density at radius 2 is 2.06 bits per heavy atom. The first kappa shape index (κ1) is 12.0. The van der Waals surface area contributed by atoms with E-state index in [1.165, 1.54) is 36.4 Å². The van der Waals surface area contributed by atoms with Crippen LogP contribution >= 0.6 is 11.5 Å². The maximum Gasteiger partial charge on any atom is 0.0946 e. The molecule has 0 atom stereocenters. The second-order valence-corrected chi connectivity index (χ2v) is 4.66. The molecule has 0 fully saturated rings. The summed E-state index contributed by atoms with van der Waals surface area (Å²) in [6.45, 7) is 2.96. The van der Waals surface area contributed by atoms with Gasteiger partial charge in [-0.05, 0) is 42.1 Å². The van der Waals surface area contributed by atoms with Crippen LogP contribution in [-0.4, -0.2) is 9.59 Å². The summed E-state index contributed by atoms with van der Waals surface area (Å²) in [6, 6.07) is 8.64. The molecule has 1 N–H and O–H groups in total. The second-order valence-electron chi connectivity index (χ2n) is 4.05. The molecule has 1 aromatic heterocycles. The van der Waals surface area contributed by atoms with Gasteiger partial charge in [-0.2, -0.15) is 0 Å². The fourth-order valence-electron chi connectivity index (χ4n) is 1.62. The van der Waals surface area contributed by atoms with Crippen LogP contribution < -0.4 is 5.32 Å². The molecule has 0 saturated carbocycles. The van der Waals surface area contributed by atoms with Crippen molar-refractivity contribution >= 4 is 17.2 Å². The standard InChI is InChI=1S/C13H17N3S/c1-2-3-4-11-5-7-12(8-6-11)14-9-13-10-17-16-15-13/h5-8,10,14H,2-4,9H2,1H3. The zero-order valence-electron chi connectivity index (χ0n) is 10.0. The van der Waals surface area contributed by atoms with Gasteiger partial charge in [0.25, 0.3) is 0 Å². The van der Waals surface area contributed by atoms with Crippen LogP contribution in [0.2, 0.25) is 0 Å². The van der Waals surface area contributed by atoms with Crippen LogP contribution in [0.1, 0.15) is 31.0 Å². The first-order valence-electron chi connectivity index (χ1n) is 5.97. The molecule has 1 aromatic carbocycles. The van der Waals surface area contributed by atoms with Gasteiger partial charge in [-0.1, -0.05) is 30.0 Å². The monoisotopic (exact) mass is 247 g/mol. The zero-order chi connectivity index (χ0) is 11.9. The maximum atomic E-state index is 4.00. The summed E-state index contributed by atoms with van der Waals surface area (Å²) in [5, 5.41) is 9.29. The van der Waals surface area contributed by atoms with E-state index >= 15 is 0 Å². The van der Waals surface area contributed by atoms with E-state index in [0.717, 1.165) is 17.9 Å². The zero-order valence-corrected chi connectivity index (χ0v) is 10.8. The van der Waals surface area contributed by atoms with Gasteiger partial charge in [0.15, 0.2) is 0 Å². The molecule has 90 valence electrons. The average Bonchev–Trinajstić information content (AvgIpc) is 2.88. The summed E-state index contributed by atoms with van der Waals surface area (Å²) in [4.78, 5) is 0. The summed E-state index contributed by atoms with van der Waals surface area (Å²) in [5.41, 5.74) is 3.54. The van der Waals surface area contributed by atoms with Gasteiger partial charge in [0.1, 0.15) is 0 Å². The summed E-state index contributed by atoms with van der Waals surface area (Å²) in [6.07, 6.45) is 3.68. The van der Waals surface area contributed by atoms with Crippen molar-refractivity contribution in [3.05, 3.63) is 40.9 Å². The third-order valence-electron chi connectivity index (χ3n) is 2.65. The Bertz CT molecular complexity index is 422. The first-order valence-corrected chi connectivity index (χ1v) is 6.81. The van der Waals surface area contributed by atoms with Crippen molar-refractivity contribution in [3.63, 3.8) is 0 Å². The largest absolute Gasteiger partial charge is 0.379 e. The van der Waals surface area contributed by atoms with Crippen molar-refractivity contribution in [2.75, 3.05) is 5.32 Å². The van der Waals surface area contributed by atoms with Crippen molar-refractivity contribution in [1.29, 1.82) is 0 Å². The molecule has 2 rings (SSSR count). The molecule has 0 aliphatic carbocycles. The molecule has 0 saturated heterocycles. The van der Waals surface area contributed by atoms with Crippen molar-refractivity contribution in [3.8, 4) is 0 Å². The molecule has 0 amide bonds. The van der Waals surface area contributed by atoms with Crippen molar-refractivity contribution in [2.45, 2.75) is 32.7 Å². The molecule has 0 bridgehead atoms. The number of rotatable bonds is 6. The lowest BCUT2D eigenvalue weighted by Crippen LogP contribution is -1.99. The number of nitrogens with zero attached hydrogens (tertiary/aromatic N) is 2. The predicted octanol–water partition coefficient (Wildman–Crippen LogP) is 3.49. The Balaban J connectivity index is 1.85. The second kappa shape index (κ2) is 6.35. The SMILES string of the molecule is CCCCc1ccc(NCc2csnn2)cc1. The minimum atomic E-state index is 0.741. The van der Waals surface area contributed by atoms with Crippen LogP contribution in [0.4, 0.5) is 5.69 Å². The van der Waals surface area contributed by atoms with Gasteiger partial charge in [-0.3, -0.25) is 0 Å². The fourth-order valence-corrected chi connectivity index (χ4v) is 2.08. The highest BCUT2D eigenvalue weighted by atomic mass is 32.1. The lowest BCUT2D eigenvalue weighted by Gasteiger charge is -2.05. The number of aryl methyl sites for hydroxylation is 1. The molecule has 4 heteroatoms. The third kappa shape index (κ3) is 3.82. The normalized spacial score (nSPS) is 10.4. The minimum Gasteiger partial charge on any atom is -0.379 e. The van der Waals surface area contributed by atoms with Crippen LogP contribution in [0.3, 0.4) is 0 Å². The molecular weight excluding hydrogens is 230 g/mol. The molecule has 2 aromatic rings. The van der Waals surface area contributed by atoms with Crippen LogP contribution in [-0.2, 0) is 13.0 Å². The highest BCUT2D eigenvalue weighted by molar-refractivity contribution is 7.03. The van der Waals surface area contributed by atoms with Gasteiger partial charge in [-0.15, -0.1) is 5.10 Å². The third-order valence-corrected chi connectivity index (χ3v) is 3.21. The van der Waals surface area contributed by atoms with E-state index in [0.29, 0.717) is 0 Å². The maximum absolute atomic E-state index is 4.00. The Morgan fingerprint density at radius 3 is 2.71 bits per heavy atom. The smallest absolute Gasteiger partial charge is 0.0946 e. The summed E-state index contributed by atoms with van der Waals surface area (Å²) in [5.74, 6) is 0. The summed E-state index contributed by atoms with van der Waals surface area (Å²) >= 11 is 1.39. The summed E-state index contributed by atoms with van der Waals surface area (Å²) < 4.78 is 3.83. The van der Waals surface area contributed by atoms with E-state index < -0.39 is 0 Å². The van der Waals surface area contributed by atoms with Gasteiger partial charge in [0.05, 0.1) is 12.2 Å². The van der Waals surface area contributed by atoms with E-state index in [1.54, 1.807) is 0 Å². The van der Waals surface area contributed by atoms with E-state index in [-0.39, 0.29) is 0 Å². The molecule has 0 aliphatic heterocycles. The van der Waals surface area contributed by atoms with Crippen LogP contribution in [0.5, 0.6) is 0 Å². The average molecular weight is 247 g/mol. The van der Waals surface area contributed by atoms with E-state index in [1.807, 2.05) is 5.38 Å². The van der Waals surface area contributed by atoms with Gasteiger partial charge in [-0.25, -0.2) is 0 Å². The van der Waals surface area contributed by atoms with Gasteiger partial charge >= 0.3 is 0 Å². The quantitative estimate of drug-likeness (QED) is 0.849. The van der Waals surface area contributed by atoms with Crippen LogP contribution in [0.25, 0.3) is 0 Å². The summed E-state index contributed by atoms with van der Waals surface area (Å²) in [7, 11) is 0. The van der Waals surface area contributed by atoms with Crippen LogP contribution in [0.15, 0.2) is 29.6 Å². The van der Waals surface area contributed by atoms with Gasteiger partial charge in [0.2, 0.25) is 0 Å². The molecule has 1 heterocycles. The Kier molecular flexibility index (Phi) is 4.50. The highest BCUT2D eigenvalue weighted by Crippen LogP contribution is 2.12. The van der Waals surface area contributed by atoms with Crippen LogP contribution in [0, 0.1) is 0 Å². The molecule has 0 aliphatic rings. The Morgan fingerprint density at radius 1 is 1.24 bits per heavy atom. The number of aromatic nitrogens is 2. The first-order chi connectivity index (χ1) is 8.38. The lowest BCUT2D eigenvalue weighted by atomic mass is 10.1. The number of hydrogen-bond donors (Lipinski definition) is 1. The van der Waals surface area contributed by atoms with E-state index in [2.05, 4.69) is 46.1 Å². The number of nitrogens with one attached hydrogen (secondary N) is 1. The molecule has 3 nitrogen and oxygen atoms in total. The molecule has 0 radical (unpaired) electrons. The minimum absolute atomic E-state index is 0.741. The van der Waals surface area contributed by atoms with Gasteiger partial charge < -0.3 is 5.32 Å². The van der Waals surface area contributed by atoms with Crippen molar-refractivity contribution in [1.82, 2.24) is 9.59 Å². The van der Waals surface area contributed by atoms with Gasteiger partial charge in [0, 0.05) is 11.1 Å². The predicted molar refractivity (Wildman–Crippen MR) is 72.3 cm³/mol.